The lowest BCUT2D eigenvalue weighted by atomic mass is 9.95. The van der Waals surface area contributed by atoms with E-state index >= 15 is 4.39 Å². The lowest BCUT2D eigenvalue weighted by Gasteiger charge is -2.20. The Morgan fingerprint density at radius 3 is 2.58 bits per heavy atom. The number of aryl methyl sites for hydroxylation is 1. The molecule has 9 heteroatoms. The first kappa shape index (κ1) is 28.0. The number of fused-ring (bicyclic) bond motifs is 3. The van der Waals surface area contributed by atoms with Crippen LogP contribution in [0.15, 0.2) is 52.2 Å². The van der Waals surface area contributed by atoms with E-state index < -0.39 is 17.8 Å². The number of alkyl halides is 1. The first-order valence-electron chi connectivity index (χ1n) is 12.2. The quantitative estimate of drug-likeness (QED) is 0.241. The fraction of sp³-hybridized carbons (Fsp3) is 0.310. The van der Waals surface area contributed by atoms with Crippen LogP contribution < -0.4 is 25.0 Å². The number of thioether (sulfide) groups is 1. The van der Waals surface area contributed by atoms with E-state index in [2.05, 4.69) is 21.2 Å². The van der Waals surface area contributed by atoms with Crippen molar-refractivity contribution in [3.63, 3.8) is 0 Å². The van der Waals surface area contributed by atoms with Gasteiger partial charge in [0.15, 0.2) is 16.9 Å². The van der Waals surface area contributed by atoms with Gasteiger partial charge in [-0.05, 0) is 72.5 Å². The van der Waals surface area contributed by atoms with Crippen molar-refractivity contribution in [1.82, 2.24) is 5.32 Å². The zero-order chi connectivity index (χ0) is 27.4. The number of carbonyl (C=O) groups excluding carboxylic acids is 1. The molecule has 0 unspecified atom stereocenters. The molecule has 0 spiro atoms. The maximum absolute atomic E-state index is 15.0. The topological polar surface area (TPSA) is 73.9 Å². The van der Waals surface area contributed by atoms with Gasteiger partial charge in [0.05, 0.1) is 37.3 Å². The van der Waals surface area contributed by atoms with Crippen molar-refractivity contribution >= 4 is 33.6 Å². The fourth-order valence-corrected chi connectivity index (χ4v) is 5.72. The van der Waals surface area contributed by atoms with E-state index in [1.54, 1.807) is 38.5 Å². The summed E-state index contributed by atoms with van der Waals surface area (Å²) in [6.45, 7) is 2.33. The number of halogens is 2. The van der Waals surface area contributed by atoms with Gasteiger partial charge in [-0.1, -0.05) is 34.1 Å². The third-order valence-corrected chi connectivity index (χ3v) is 7.95. The molecule has 0 bridgehead atoms. The van der Waals surface area contributed by atoms with Crippen molar-refractivity contribution < 1.29 is 23.4 Å². The summed E-state index contributed by atoms with van der Waals surface area (Å²) in [4.78, 5) is 27.0. The van der Waals surface area contributed by atoms with E-state index in [4.69, 9.17) is 14.2 Å². The molecule has 1 aliphatic carbocycles. The average molecular weight is 603 g/mol. The molecular weight excluding hydrogens is 573 g/mol. The summed E-state index contributed by atoms with van der Waals surface area (Å²) in [5.41, 5.74) is 3.25. The molecule has 1 atom stereocenters. The zero-order valence-electron chi connectivity index (χ0n) is 21.7. The summed E-state index contributed by atoms with van der Waals surface area (Å²) in [5.74, 6) is 0.379. The molecule has 1 amide bonds. The molecule has 0 radical (unpaired) electrons. The van der Waals surface area contributed by atoms with Crippen LogP contribution in [0.3, 0.4) is 0 Å². The van der Waals surface area contributed by atoms with Crippen LogP contribution in [-0.2, 0) is 11.8 Å². The van der Waals surface area contributed by atoms with E-state index in [9.17, 15) is 9.59 Å². The molecule has 1 aliphatic rings. The first-order chi connectivity index (χ1) is 18.4. The standard InChI is InChI=1S/C29H29BrFNO5S/c1-5-37-23-13-16-9-11-21(32-29(34)19-8-6-7-17(15-30)26(19)31)20-14-22(33)24(38-4)12-10-18(20)25(16)28(36-3)27(23)35-2/h6-8,10,12-14,21H,5,9,11,15H2,1-4H3,(H,32,34)/t21-/m0/s1. The van der Waals surface area contributed by atoms with Gasteiger partial charge in [-0.25, -0.2) is 4.39 Å². The molecule has 0 saturated heterocycles. The minimum absolute atomic E-state index is 0.0457. The van der Waals surface area contributed by atoms with Gasteiger partial charge in [-0.15, -0.1) is 11.8 Å². The van der Waals surface area contributed by atoms with Crippen LogP contribution in [0.1, 0.15) is 46.4 Å². The van der Waals surface area contributed by atoms with Crippen LogP contribution in [0, 0.1) is 5.82 Å². The Morgan fingerprint density at radius 2 is 1.92 bits per heavy atom. The Bertz CT molecular complexity index is 1430. The lowest BCUT2D eigenvalue weighted by molar-refractivity contribution is 0.0930. The molecule has 0 fully saturated rings. The highest BCUT2D eigenvalue weighted by molar-refractivity contribution is 9.08. The molecule has 0 saturated carbocycles. The molecule has 1 N–H and O–H groups in total. The van der Waals surface area contributed by atoms with Gasteiger partial charge in [0.2, 0.25) is 5.75 Å². The molecular formula is C29H29BrFNO5S. The maximum Gasteiger partial charge on any atom is 0.254 e. The molecule has 4 rings (SSSR count). The smallest absolute Gasteiger partial charge is 0.254 e. The highest BCUT2D eigenvalue weighted by Crippen LogP contribution is 2.50. The van der Waals surface area contributed by atoms with E-state index in [1.165, 1.54) is 17.8 Å². The third kappa shape index (κ3) is 5.27. The number of benzene rings is 2. The Kier molecular flexibility index (Phi) is 8.99. The van der Waals surface area contributed by atoms with Crippen molar-refractivity contribution in [2.45, 2.75) is 36.0 Å². The molecule has 0 aliphatic heterocycles. The highest BCUT2D eigenvalue weighted by atomic mass is 79.9. The number of amides is 1. The number of ether oxygens (including phenoxy) is 3. The largest absolute Gasteiger partial charge is 0.492 e. The summed E-state index contributed by atoms with van der Waals surface area (Å²) in [7, 11) is 3.11. The Hall–Kier alpha value is -3.04. The lowest BCUT2D eigenvalue weighted by Crippen LogP contribution is -2.30. The van der Waals surface area contributed by atoms with Gasteiger partial charge in [0.1, 0.15) is 5.82 Å². The second-order valence-electron chi connectivity index (χ2n) is 8.66. The minimum atomic E-state index is -0.570. The summed E-state index contributed by atoms with van der Waals surface area (Å²) >= 11 is 4.62. The summed E-state index contributed by atoms with van der Waals surface area (Å²) in [6, 6.07) is 11.3. The number of rotatable bonds is 8. The van der Waals surface area contributed by atoms with Gasteiger partial charge in [0.25, 0.3) is 5.91 Å². The van der Waals surface area contributed by atoms with Gasteiger partial charge in [-0.2, -0.15) is 0 Å². The maximum atomic E-state index is 15.0. The Balaban J connectivity index is 1.92. The van der Waals surface area contributed by atoms with Crippen molar-refractivity contribution in [2.75, 3.05) is 27.1 Å². The number of methoxy groups -OCH3 is 2. The van der Waals surface area contributed by atoms with Gasteiger partial charge in [-0.3, -0.25) is 9.59 Å². The molecule has 3 aromatic carbocycles. The molecule has 3 aromatic rings. The van der Waals surface area contributed by atoms with Crippen molar-refractivity contribution in [3.8, 4) is 28.4 Å². The first-order valence-corrected chi connectivity index (χ1v) is 14.5. The second kappa shape index (κ2) is 12.2. The summed E-state index contributed by atoms with van der Waals surface area (Å²) in [6.07, 6.45) is 2.87. The van der Waals surface area contributed by atoms with Crippen LogP contribution in [0.25, 0.3) is 11.1 Å². The minimum Gasteiger partial charge on any atom is -0.492 e. The molecule has 38 heavy (non-hydrogen) atoms. The zero-order valence-corrected chi connectivity index (χ0v) is 24.1. The normalized spacial score (nSPS) is 14.1. The monoisotopic (exact) mass is 601 g/mol. The van der Waals surface area contributed by atoms with Crippen LogP contribution in [-0.4, -0.2) is 33.0 Å². The van der Waals surface area contributed by atoms with Crippen molar-refractivity contribution in [2.24, 2.45) is 0 Å². The number of carbonyl (C=O) groups is 1. The third-order valence-electron chi connectivity index (χ3n) is 6.57. The molecule has 6 nitrogen and oxygen atoms in total. The predicted molar refractivity (Wildman–Crippen MR) is 152 cm³/mol. The van der Waals surface area contributed by atoms with Crippen LogP contribution in [0.2, 0.25) is 0 Å². The number of nitrogens with one attached hydrogen (secondary N) is 1. The summed E-state index contributed by atoms with van der Waals surface area (Å²) in [5, 5.41) is 3.29. The van der Waals surface area contributed by atoms with Gasteiger partial charge in [0, 0.05) is 10.9 Å². The highest BCUT2D eigenvalue weighted by Gasteiger charge is 2.30. The van der Waals surface area contributed by atoms with Crippen molar-refractivity contribution in [3.05, 3.63) is 80.8 Å². The summed E-state index contributed by atoms with van der Waals surface area (Å²) < 4.78 is 32.4. The molecule has 200 valence electrons. The Labute approximate surface area is 234 Å². The van der Waals surface area contributed by atoms with Gasteiger partial charge < -0.3 is 19.5 Å². The van der Waals surface area contributed by atoms with E-state index in [0.717, 1.165) is 16.7 Å². The van der Waals surface area contributed by atoms with Crippen LogP contribution in [0.5, 0.6) is 17.2 Å². The SMILES string of the molecule is CCOc1cc2c(c(OC)c1OC)-c1ccc(SC)c(=O)cc1[C@@H](NC(=O)c1cccc(CBr)c1F)CC2. The van der Waals surface area contributed by atoms with E-state index in [0.29, 0.717) is 52.7 Å². The second-order valence-corrected chi connectivity index (χ2v) is 10.1. The van der Waals surface area contributed by atoms with Gasteiger partial charge >= 0.3 is 0 Å². The number of hydrogen-bond acceptors (Lipinski definition) is 6. The Morgan fingerprint density at radius 1 is 1.16 bits per heavy atom. The predicted octanol–water partition coefficient (Wildman–Crippen LogP) is 6.30. The van der Waals surface area contributed by atoms with E-state index in [-0.39, 0.29) is 16.3 Å². The van der Waals surface area contributed by atoms with Crippen LogP contribution >= 0.6 is 27.7 Å². The van der Waals surface area contributed by atoms with Crippen molar-refractivity contribution in [1.29, 1.82) is 0 Å². The van der Waals surface area contributed by atoms with Crippen LogP contribution in [0.4, 0.5) is 4.39 Å². The fourth-order valence-electron chi connectivity index (χ4n) is 4.82. The molecule has 0 heterocycles. The number of hydrogen-bond donors (Lipinski definition) is 1. The van der Waals surface area contributed by atoms with E-state index in [1.807, 2.05) is 25.3 Å². The average Bonchev–Trinajstić information content (AvgIpc) is 3.16. The molecule has 0 aromatic heterocycles.